The van der Waals surface area contributed by atoms with Crippen LogP contribution < -0.4 is 10.1 Å². The van der Waals surface area contributed by atoms with E-state index in [2.05, 4.69) is 15.5 Å². The third-order valence-electron chi connectivity index (χ3n) is 2.34. The van der Waals surface area contributed by atoms with E-state index in [-0.39, 0.29) is 22.9 Å². The topological polar surface area (TPSA) is 84.3 Å². The van der Waals surface area contributed by atoms with Crippen LogP contribution in [0.1, 0.15) is 10.4 Å². The first-order valence-corrected chi connectivity index (χ1v) is 5.28. The summed E-state index contributed by atoms with van der Waals surface area (Å²) >= 11 is 0. The number of nitrogens with zero attached hydrogens (tertiary/aromatic N) is 2. The number of carboxylic acids is 1. The quantitative estimate of drug-likeness (QED) is 0.878. The lowest BCUT2D eigenvalue weighted by molar-refractivity contribution is 0.0697. The van der Waals surface area contributed by atoms with E-state index in [4.69, 9.17) is 9.84 Å². The van der Waals surface area contributed by atoms with Gasteiger partial charge in [0.25, 0.3) is 0 Å². The molecule has 98 valence electrons. The molecule has 19 heavy (non-hydrogen) atoms. The molecule has 0 bridgehead atoms. The minimum atomic E-state index is -1.22. The average molecular weight is 263 g/mol. The van der Waals surface area contributed by atoms with Crippen molar-refractivity contribution in [2.75, 3.05) is 12.4 Å². The third kappa shape index (κ3) is 2.76. The Hall–Kier alpha value is -2.70. The summed E-state index contributed by atoms with van der Waals surface area (Å²) in [5, 5.41) is 19.0. The molecule has 0 spiro atoms. The summed E-state index contributed by atoms with van der Waals surface area (Å²) in [6.45, 7) is 0. The molecular weight excluding hydrogens is 253 g/mol. The van der Waals surface area contributed by atoms with Crippen molar-refractivity contribution in [1.82, 2.24) is 10.2 Å². The zero-order chi connectivity index (χ0) is 13.8. The second-order valence-electron chi connectivity index (χ2n) is 3.56. The molecule has 0 radical (unpaired) electrons. The summed E-state index contributed by atoms with van der Waals surface area (Å²) < 4.78 is 18.3. The zero-order valence-corrected chi connectivity index (χ0v) is 9.92. The van der Waals surface area contributed by atoms with Gasteiger partial charge in [0.1, 0.15) is 11.4 Å². The average Bonchev–Trinajstić information content (AvgIpc) is 2.41. The molecule has 0 amide bonds. The van der Waals surface area contributed by atoms with Crippen molar-refractivity contribution in [2.24, 2.45) is 0 Å². The maximum Gasteiger partial charge on any atom is 0.339 e. The van der Waals surface area contributed by atoms with E-state index >= 15 is 0 Å². The number of aromatic carboxylic acids is 1. The number of nitrogens with one attached hydrogen (secondary N) is 1. The lowest BCUT2D eigenvalue weighted by atomic mass is 10.2. The van der Waals surface area contributed by atoms with Gasteiger partial charge in [0, 0.05) is 6.07 Å². The van der Waals surface area contributed by atoms with Gasteiger partial charge in [-0.2, -0.15) is 0 Å². The van der Waals surface area contributed by atoms with E-state index in [0.29, 0.717) is 0 Å². The number of rotatable bonds is 4. The Morgan fingerprint density at radius 3 is 2.74 bits per heavy atom. The van der Waals surface area contributed by atoms with Gasteiger partial charge in [-0.15, -0.1) is 10.2 Å². The van der Waals surface area contributed by atoms with E-state index in [1.165, 1.54) is 31.4 Å². The number of hydrogen-bond donors (Lipinski definition) is 2. The van der Waals surface area contributed by atoms with Gasteiger partial charge in [-0.05, 0) is 12.1 Å². The van der Waals surface area contributed by atoms with Gasteiger partial charge in [0.15, 0.2) is 5.82 Å². The van der Waals surface area contributed by atoms with Crippen LogP contribution >= 0.6 is 0 Å². The highest BCUT2D eigenvalue weighted by Crippen LogP contribution is 2.22. The van der Waals surface area contributed by atoms with Crippen molar-refractivity contribution in [3.05, 3.63) is 41.7 Å². The van der Waals surface area contributed by atoms with Crippen LogP contribution in [0.25, 0.3) is 0 Å². The van der Waals surface area contributed by atoms with Crippen LogP contribution in [0.5, 0.6) is 5.88 Å². The standard InChI is InChI=1S/C12H10FN3O3/c1-19-10-6-7(12(17)18)11(16-15-10)14-9-5-3-2-4-8(9)13/h2-6H,1H3,(H,14,16)(H,17,18). The molecule has 0 saturated heterocycles. The fraction of sp³-hybridized carbons (Fsp3) is 0.0833. The molecule has 2 N–H and O–H groups in total. The molecule has 2 aromatic rings. The molecule has 0 atom stereocenters. The highest BCUT2D eigenvalue weighted by Gasteiger charge is 2.15. The van der Waals surface area contributed by atoms with Gasteiger partial charge in [0.05, 0.1) is 12.8 Å². The molecule has 0 aliphatic carbocycles. The SMILES string of the molecule is COc1cc(C(=O)O)c(Nc2ccccc2F)nn1. The van der Waals surface area contributed by atoms with Crippen LogP contribution in [0.4, 0.5) is 15.9 Å². The number of aromatic nitrogens is 2. The lowest BCUT2D eigenvalue weighted by Crippen LogP contribution is -2.08. The smallest absolute Gasteiger partial charge is 0.339 e. The number of para-hydroxylation sites is 1. The number of hydrogen-bond acceptors (Lipinski definition) is 5. The maximum atomic E-state index is 13.5. The van der Waals surface area contributed by atoms with Gasteiger partial charge in [0.2, 0.25) is 5.88 Å². The van der Waals surface area contributed by atoms with E-state index in [9.17, 15) is 9.18 Å². The van der Waals surface area contributed by atoms with E-state index in [1.54, 1.807) is 6.07 Å². The summed E-state index contributed by atoms with van der Waals surface area (Å²) in [6, 6.07) is 7.06. The minimum Gasteiger partial charge on any atom is -0.480 e. The van der Waals surface area contributed by atoms with Gasteiger partial charge >= 0.3 is 5.97 Å². The van der Waals surface area contributed by atoms with Gasteiger partial charge in [-0.25, -0.2) is 9.18 Å². The monoisotopic (exact) mass is 263 g/mol. The van der Waals surface area contributed by atoms with Crippen molar-refractivity contribution >= 4 is 17.5 Å². The largest absolute Gasteiger partial charge is 0.480 e. The lowest BCUT2D eigenvalue weighted by Gasteiger charge is -2.09. The molecule has 1 aromatic carbocycles. The van der Waals surface area contributed by atoms with Gasteiger partial charge < -0.3 is 15.2 Å². The van der Waals surface area contributed by atoms with Crippen LogP contribution in [0.15, 0.2) is 30.3 Å². The van der Waals surface area contributed by atoms with E-state index < -0.39 is 11.8 Å². The Kier molecular flexibility index (Phi) is 3.56. The maximum absolute atomic E-state index is 13.5. The number of ether oxygens (including phenoxy) is 1. The number of benzene rings is 1. The molecule has 7 heteroatoms. The summed E-state index contributed by atoms with van der Waals surface area (Å²) in [7, 11) is 1.35. The summed E-state index contributed by atoms with van der Waals surface area (Å²) in [5.74, 6) is -1.72. The number of methoxy groups -OCH3 is 1. The van der Waals surface area contributed by atoms with Crippen molar-refractivity contribution in [3.63, 3.8) is 0 Å². The second-order valence-corrected chi connectivity index (χ2v) is 3.56. The molecule has 1 aromatic heterocycles. The molecule has 0 unspecified atom stereocenters. The molecule has 0 fully saturated rings. The van der Waals surface area contributed by atoms with Crippen LogP contribution in [-0.4, -0.2) is 28.4 Å². The van der Waals surface area contributed by atoms with E-state index in [1.807, 2.05) is 0 Å². The summed E-state index contributed by atoms with van der Waals surface area (Å²) in [5.41, 5.74) is -0.0421. The predicted molar refractivity (Wildman–Crippen MR) is 65.2 cm³/mol. The molecule has 1 heterocycles. The Labute approximate surface area is 107 Å². The van der Waals surface area contributed by atoms with Crippen LogP contribution in [0, 0.1) is 5.82 Å². The molecule has 0 aliphatic rings. The predicted octanol–water partition coefficient (Wildman–Crippen LogP) is 2.07. The summed E-state index contributed by atoms with van der Waals surface area (Å²) in [6.07, 6.45) is 0. The van der Waals surface area contributed by atoms with Crippen molar-refractivity contribution in [2.45, 2.75) is 0 Å². The molecule has 0 aliphatic heterocycles. The first-order chi connectivity index (χ1) is 9.11. The molecule has 0 saturated carbocycles. The van der Waals surface area contributed by atoms with Crippen molar-refractivity contribution in [3.8, 4) is 5.88 Å². The number of carbonyl (C=O) groups is 1. The fourth-order valence-corrected chi connectivity index (χ4v) is 1.42. The fourth-order valence-electron chi connectivity index (χ4n) is 1.42. The van der Waals surface area contributed by atoms with Crippen molar-refractivity contribution in [1.29, 1.82) is 0 Å². The first kappa shape index (κ1) is 12.7. The third-order valence-corrected chi connectivity index (χ3v) is 2.34. The Balaban J connectivity index is 2.40. The number of carboxylic acid groups (broad SMARTS) is 1. The second kappa shape index (κ2) is 5.30. The van der Waals surface area contributed by atoms with E-state index in [0.717, 1.165) is 0 Å². The number of anilines is 2. The highest BCUT2D eigenvalue weighted by atomic mass is 19.1. The zero-order valence-electron chi connectivity index (χ0n) is 9.92. The Morgan fingerprint density at radius 2 is 2.11 bits per heavy atom. The van der Waals surface area contributed by atoms with Gasteiger partial charge in [-0.1, -0.05) is 12.1 Å². The van der Waals surface area contributed by atoms with Crippen LogP contribution in [-0.2, 0) is 0 Å². The van der Waals surface area contributed by atoms with Crippen LogP contribution in [0.2, 0.25) is 0 Å². The molecule has 2 rings (SSSR count). The van der Waals surface area contributed by atoms with Crippen LogP contribution in [0.3, 0.4) is 0 Å². The summed E-state index contributed by atoms with van der Waals surface area (Å²) in [4.78, 5) is 11.1. The minimum absolute atomic E-state index is 0.0570. The van der Waals surface area contributed by atoms with Gasteiger partial charge in [-0.3, -0.25) is 0 Å². The van der Waals surface area contributed by atoms with Crippen molar-refractivity contribution < 1.29 is 19.0 Å². The first-order valence-electron chi connectivity index (χ1n) is 5.28. The molecule has 6 nitrogen and oxygen atoms in total. The Morgan fingerprint density at radius 1 is 1.37 bits per heavy atom. The highest BCUT2D eigenvalue weighted by molar-refractivity contribution is 5.94. The number of halogens is 1. The molecular formula is C12H10FN3O3. The normalized spacial score (nSPS) is 10.0. The Bertz CT molecular complexity index is 619.